The standard InChI is InChI=1S/C17H18N4O3/c1-3-24-17(23)14-10-18-21-15(22)9-12(19-16(14)21)11-20(2)13-7-5-4-6-8-13/h4-10,18H,3,11H2,1-2H3. The number of carbonyl (C=O) groups excluding carboxylic acids is 1. The van der Waals surface area contributed by atoms with Crippen LogP contribution in [-0.2, 0) is 11.3 Å². The van der Waals surface area contributed by atoms with E-state index in [4.69, 9.17) is 4.74 Å². The van der Waals surface area contributed by atoms with Crippen molar-refractivity contribution in [2.45, 2.75) is 13.5 Å². The molecule has 0 spiro atoms. The number of ether oxygens (including phenoxy) is 1. The fourth-order valence-corrected chi connectivity index (χ4v) is 2.49. The maximum atomic E-state index is 12.2. The van der Waals surface area contributed by atoms with Crippen molar-refractivity contribution >= 4 is 17.3 Å². The molecule has 24 heavy (non-hydrogen) atoms. The molecule has 2 heterocycles. The van der Waals surface area contributed by atoms with E-state index >= 15 is 0 Å². The van der Waals surface area contributed by atoms with Crippen LogP contribution >= 0.6 is 0 Å². The minimum atomic E-state index is -0.503. The highest BCUT2D eigenvalue weighted by Gasteiger charge is 2.17. The van der Waals surface area contributed by atoms with Crippen LogP contribution in [0.2, 0.25) is 0 Å². The average Bonchev–Trinajstić information content (AvgIpc) is 3.00. The Bertz CT molecular complexity index is 914. The van der Waals surface area contributed by atoms with Crippen LogP contribution in [0.5, 0.6) is 0 Å². The molecule has 0 aliphatic carbocycles. The summed E-state index contributed by atoms with van der Waals surface area (Å²) in [7, 11) is 1.92. The van der Waals surface area contributed by atoms with E-state index in [1.807, 2.05) is 42.3 Å². The second-order valence-electron chi connectivity index (χ2n) is 5.34. The normalized spacial score (nSPS) is 10.8. The largest absolute Gasteiger partial charge is 0.462 e. The number of para-hydroxylation sites is 1. The first kappa shape index (κ1) is 15.8. The molecular formula is C17H18N4O3. The van der Waals surface area contributed by atoms with Gasteiger partial charge in [-0.15, -0.1) is 0 Å². The summed E-state index contributed by atoms with van der Waals surface area (Å²) in [6.07, 6.45) is 1.44. The lowest BCUT2D eigenvalue weighted by Gasteiger charge is -2.18. The molecular weight excluding hydrogens is 308 g/mol. The summed E-state index contributed by atoms with van der Waals surface area (Å²) in [6, 6.07) is 11.2. The Hall–Kier alpha value is -3.09. The number of fused-ring (bicyclic) bond motifs is 1. The molecule has 0 unspecified atom stereocenters. The Kier molecular flexibility index (Phi) is 4.33. The molecule has 3 aromatic rings. The van der Waals surface area contributed by atoms with E-state index in [2.05, 4.69) is 10.1 Å². The minimum absolute atomic E-state index is 0.248. The van der Waals surface area contributed by atoms with Crippen LogP contribution in [0.25, 0.3) is 5.65 Å². The van der Waals surface area contributed by atoms with Crippen molar-refractivity contribution in [3.05, 3.63) is 64.2 Å². The fraction of sp³-hybridized carbons (Fsp3) is 0.235. The average molecular weight is 326 g/mol. The third-order valence-corrected chi connectivity index (χ3v) is 3.64. The van der Waals surface area contributed by atoms with Crippen molar-refractivity contribution < 1.29 is 9.53 Å². The number of anilines is 1. The van der Waals surface area contributed by atoms with Crippen molar-refractivity contribution in [1.29, 1.82) is 0 Å². The summed E-state index contributed by atoms with van der Waals surface area (Å²) < 4.78 is 6.23. The van der Waals surface area contributed by atoms with E-state index < -0.39 is 5.97 Å². The number of hydrogen-bond donors (Lipinski definition) is 1. The maximum Gasteiger partial charge on any atom is 0.343 e. The molecule has 7 heteroatoms. The lowest BCUT2D eigenvalue weighted by Crippen LogP contribution is -2.22. The van der Waals surface area contributed by atoms with E-state index in [0.717, 1.165) is 5.69 Å². The van der Waals surface area contributed by atoms with Gasteiger partial charge < -0.3 is 9.64 Å². The van der Waals surface area contributed by atoms with E-state index in [-0.39, 0.29) is 23.4 Å². The molecule has 7 nitrogen and oxygen atoms in total. The molecule has 2 aromatic heterocycles. The molecule has 1 aromatic carbocycles. The molecule has 0 aliphatic rings. The van der Waals surface area contributed by atoms with E-state index in [0.29, 0.717) is 12.2 Å². The first-order valence-corrected chi connectivity index (χ1v) is 7.63. The molecule has 0 atom stereocenters. The van der Waals surface area contributed by atoms with Crippen LogP contribution in [-0.4, -0.2) is 34.2 Å². The highest BCUT2D eigenvalue weighted by Crippen LogP contribution is 2.14. The van der Waals surface area contributed by atoms with Crippen LogP contribution in [0.1, 0.15) is 23.0 Å². The van der Waals surface area contributed by atoms with Crippen LogP contribution in [0.3, 0.4) is 0 Å². The number of carbonyl (C=O) groups is 1. The SMILES string of the molecule is CCOC(=O)c1c[nH]n2c(=O)cc(CN(C)c3ccccc3)nc12. The minimum Gasteiger partial charge on any atom is -0.462 e. The van der Waals surface area contributed by atoms with Crippen LogP contribution < -0.4 is 10.5 Å². The van der Waals surface area contributed by atoms with E-state index in [9.17, 15) is 9.59 Å². The number of benzene rings is 1. The van der Waals surface area contributed by atoms with Crippen molar-refractivity contribution in [2.75, 3.05) is 18.6 Å². The molecule has 1 N–H and O–H groups in total. The summed E-state index contributed by atoms with van der Waals surface area (Å²) in [5, 5.41) is 2.74. The van der Waals surface area contributed by atoms with Crippen LogP contribution in [0.15, 0.2) is 47.4 Å². The highest BCUT2D eigenvalue weighted by molar-refractivity contribution is 5.95. The predicted molar refractivity (Wildman–Crippen MR) is 90.3 cm³/mol. The van der Waals surface area contributed by atoms with Gasteiger partial charge in [0.1, 0.15) is 5.56 Å². The van der Waals surface area contributed by atoms with Gasteiger partial charge in [-0.05, 0) is 19.1 Å². The van der Waals surface area contributed by atoms with Crippen molar-refractivity contribution in [1.82, 2.24) is 14.6 Å². The molecule has 0 fully saturated rings. The number of aromatic nitrogens is 3. The first-order chi connectivity index (χ1) is 11.6. The zero-order valence-electron chi connectivity index (χ0n) is 13.5. The second kappa shape index (κ2) is 6.57. The Balaban J connectivity index is 1.96. The molecule has 0 radical (unpaired) electrons. The van der Waals surface area contributed by atoms with Gasteiger partial charge in [0.05, 0.1) is 18.8 Å². The molecule has 3 rings (SSSR count). The molecule has 124 valence electrons. The van der Waals surface area contributed by atoms with Crippen LogP contribution in [0, 0.1) is 0 Å². The van der Waals surface area contributed by atoms with Gasteiger partial charge in [0.25, 0.3) is 5.56 Å². The van der Waals surface area contributed by atoms with Crippen molar-refractivity contribution in [3.8, 4) is 0 Å². The number of nitrogens with one attached hydrogen (secondary N) is 1. The van der Waals surface area contributed by atoms with Gasteiger partial charge in [-0.25, -0.2) is 14.3 Å². The maximum absolute atomic E-state index is 12.2. The fourth-order valence-electron chi connectivity index (χ4n) is 2.49. The van der Waals surface area contributed by atoms with Gasteiger partial charge >= 0.3 is 5.97 Å². The van der Waals surface area contributed by atoms with Gasteiger partial charge in [-0.2, -0.15) is 0 Å². The Morgan fingerprint density at radius 1 is 1.33 bits per heavy atom. The summed E-state index contributed by atoms with van der Waals surface area (Å²) in [6.45, 7) is 2.44. The Morgan fingerprint density at radius 2 is 2.08 bits per heavy atom. The van der Waals surface area contributed by atoms with Gasteiger partial charge in [0, 0.05) is 25.0 Å². The molecule has 0 saturated carbocycles. The molecule has 0 aliphatic heterocycles. The van der Waals surface area contributed by atoms with Crippen molar-refractivity contribution in [2.24, 2.45) is 0 Å². The van der Waals surface area contributed by atoms with E-state index in [1.54, 1.807) is 6.92 Å². The summed E-state index contributed by atoms with van der Waals surface area (Å²) in [5.74, 6) is -0.503. The number of esters is 1. The monoisotopic (exact) mass is 326 g/mol. The first-order valence-electron chi connectivity index (χ1n) is 7.63. The number of rotatable bonds is 5. The predicted octanol–water partition coefficient (Wildman–Crippen LogP) is 1.84. The lowest BCUT2D eigenvalue weighted by molar-refractivity contribution is 0.0528. The number of aromatic amines is 1. The van der Waals surface area contributed by atoms with Gasteiger partial charge in [-0.1, -0.05) is 18.2 Å². The number of hydrogen-bond acceptors (Lipinski definition) is 5. The smallest absolute Gasteiger partial charge is 0.343 e. The summed E-state index contributed by atoms with van der Waals surface area (Å²) in [4.78, 5) is 30.6. The van der Waals surface area contributed by atoms with Crippen LogP contribution in [0.4, 0.5) is 5.69 Å². The number of nitrogens with zero attached hydrogens (tertiary/aromatic N) is 3. The molecule has 0 bridgehead atoms. The third-order valence-electron chi connectivity index (χ3n) is 3.64. The lowest BCUT2D eigenvalue weighted by atomic mass is 10.2. The van der Waals surface area contributed by atoms with Gasteiger partial charge in [0.15, 0.2) is 5.65 Å². The topological polar surface area (TPSA) is 79.7 Å². The highest BCUT2D eigenvalue weighted by atomic mass is 16.5. The molecule has 0 saturated heterocycles. The zero-order valence-corrected chi connectivity index (χ0v) is 13.5. The second-order valence-corrected chi connectivity index (χ2v) is 5.34. The Labute approximate surface area is 138 Å². The summed E-state index contributed by atoms with van der Waals surface area (Å²) >= 11 is 0. The Morgan fingerprint density at radius 3 is 2.79 bits per heavy atom. The summed E-state index contributed by atoms with van der Waals surface area (Å²) in [5.41, 5.74) is 1.85. The molecule has 0 amide bonds. The van der Waals surface area contributed by atoms with Gasteiger partial charge in [0.2, 0.25) is 0 Å². The van der Waals surface area contributed by atoms with Gasteiger partial charge in [-0.3, -0.25) is 9.89 Å². The van der Waals surface area contributed by atoms with E-state index in [1.165, 1.54) is 16.8 Å². The third kappa shape index (κ3) is 3.01. The quantitative estimate of drug-likeness (QED) is 0.724. The zero-order chi connectivity index (χ0) is 17.1. The van der Waals surface area contributed by atoms with Crippen molar-refractivity contribution in [3.63, 3.8) is 0 Å². The number of H-pyrrole nitrogens is 1.